The molecule has 7 saturated heterocycles. The molecule has 10 fully saturated rings. The number of Topliss-reactive ketones (excluding diaryl/α,β-unsaturated/α-hetero) is 1. The van der Waals surface area contributed by atoms with Crippen LogP contribution in [0.3, 0.4) is 0 Å². The van der Waals surface area contributed by atoms with Gasteiger partial charge in [0.25, 0.3) is 0 Å². The number of rotatable bonds is 24. The Bertz CT molecular complexity index is 3160. The molecule has 0 spiro atoms. The largest absolute Gasteiger partial charge is 0.458 e. The topological polar surface area (TPSA) is 381 Å². The summed E-state index contributed by atoms with van der Waals surface area (Å²) >= 11 is 0. The number of esters is 1. The monoisotopic (exact) mass is 1520 g/mol. The summed E-state index contributed by atoms with van der Waals surface area (Å²) in [5.74, 6) is -1.89. The Morgan fingerprint density at radius 3 is 1.38 bits per heavy atom. The van der Waals surface area contributed by atoms with E-state index in [1.807, 2.05) is 71.0 Å². The van der Waals surface area contributed by atoms with Gasteiger partial charge in [-0.15, -0.1) is 0 Å². The summed E-state index contributed by atoms with van der Waals surface area (Å²) in [7, 11) is 7.92. The molecule has 0 bridgehead atoms. The summed E-state index contributed by atoms with van der Waals surface area (Å²) in [4.78, 5) is 27.1. The molecule has 0 amide bonds. The number of ketones is 1. The maximum atomic E-state index is 13.7. The highest BCUT2D eigenvalue weighted by Gasteiger charge is 2.81. The van der Waals surface area contributed by atoms with Crippen LogP contribution >= 0.6 is 0 Å². The highest BCUT2D eigenvalue weighted by molar-refractivity contribution is 5.89. The van der Waals surface area contributed by atoms with E-state index < -0.39 is 236 Å². The highest BCUT2D eigenvalue weighted by atomic mass is 16.8. The van der Waals surface area contributed by atoms with Gasteiger partial charge in [0.1, 0.15) is 83.9 Å². The molecule has 0 aromatic heterocycles. The standard InChI is InChI=1S/C77H118O30/c1-37-66(47(80)29-57(93-37)99-46-23-24-73(8)45(28-46)22-25-76(86)54(73)35-55(101-56(81)21-20-44-18-16-15-17-19-44)74(9)75(85,43(7)79)26-27-77(74,76)87)102-58-30-48(88-10)67(38(2)94-58)103-59-31-49(89-11)68(39(3)95-59)104-60-32-50(90-12)69(40(4)96-60)105-61-33-51(91-13)70(41(5)97-61)106-62-34-52(92-14)71(42(6)98-62)107-72-65(84)64(83)63(82)53(36-78)100-72/h15-22,37-42,46-55,57-72,78,80,82-87H,23-36H2,1-14H3/t37-,38+,39-,40+,41-,42+,46+,47+,48-,49+,50-,51+,52-,53-,54+,55-,57+,58+,59+,60+,61+,62+,63-,64+,65-,66-,67+,68-,69+,70-,71+,72+,73+,74-,75-,76+,77-/m1/s1. The summed E-state index contributed by atoms with van der Waals surface area (Å²) in [5, 5.41) is 91.1. The molecule has 1 aromatic carbocycles. The zero-order chi connectivity index (χ0) is 77.0. The van der Waals surface area contributed by atoms with Gasteiger partial charge in [0.15, 0.2) is 49.8 Å². The maximum Gasteiger partial charge on any atom is 0.331 e. The van der Waals surface area contributed by atoms with Gasteiger partial charge in [-0.3, -0.25) is 4.79 Å². The van der Waals surface area contributed by atoms with Gasteiger partial charge in [-0.25, -0.2) is 4.79 Å². The number of hydrogen-bond acceptors (Lipinski definition) is 30. The maximum absolute atomic E-state index is 13.7. The van der Waals surface area contributed by atoms with Gasteiger partial charge in [-0.2, -0.15) is 0 Å². The lowest BCUT2D eigenvalue weighted by Gasteiger charge is -2.67. The Kier molecular flexibility index (Phi) is 26.5. The third-order valence-corrected chi connectivity index (χ3v) is 25.9. The number of aliphatic hydroxyl groups excluding tert-OH is 5. The Hall–Kier alpha value is -3.24. The number of fused-ring (bicyclic) bond motifs is 5. The second-order valence-electron chi connectivity index (χ2n) is 32.0. The predicted molar refractivity (Wildman–Crippen MR) is 373 cm³/mol. The first-order valence-corrected chi connectivity index (χ1v) is 38.3. The van der Waals surface area contributed by atoms with Gasteiger partial charge in [0.05, 0.1) is 91.4 Å². The van der Waals surface area contributed by atoms with Crippen LogP contribution < -0.4 is 0 Å². The number of methoxy groups -OCH3 is 5. The second-order valence-corrected chi connectivity index (χ2v) is 32.0. The van der Waals surface area contributed by atoms with E-state index in [0.717, 1.165) is 11.1 Å². The summed E-state index contributed by atoms with van der Waals surface area (Å²) in [6.45, 7) is 15.4. The normalized spacial score (nSPS) is 49.6. The van der Waals surface area contributed by atoms with Crippen molar-refractivity contribution in [1.82, 2.24) is 0 Å². The molecular weight excluding hydrogens is 1400 g/mol. The van der Waals surface area contributed by atoms with Gasteiger partial charge in [0, 0.05) is 86.1 Å². The summed E-state index contributed by atoms with van der Waals surface area (Å²) in [5.41, 5.74) is -6.51. The van der Waals surface area contributed by atoms with E-state index in [-0.39, 0.29) is 51.0 Å². The van der Waals surface area contributed by atoms with Crippen molar-refractivity contribution < 1.29 is 145 Å². The summed E-state index contributed by atoms with van der Waals surface area (Å²) in [6.07, 6.45) is -16.4. The van der Waals surface area contributed by atoms with Gasteiger partial charge < -0.3 is 136 Å². The molecule has 8 N–H and O–H groups in total. The summed E-state index contributed by atoms with van der Waals surface area (Å²) in [6, 6.07) is 9.24. The minimum absolute atomic E-state index is 0.0438. The van der Waals surface area contributed by atoms with Crippen molar-refractivity contribution in [3.63, 3.8) is 0 Å². The molecule has 1 aromatic rings. The first-order chi connectivity index (χ1) is 50.9. The average Bonchev–Trinajstić information content (AvgIpc) is 1.58. The van der Waals surface area contributed by atoms with Crippen molar-refractivity contribution in [2.24, 2.45) is 16.7 Å². The van der Waals surface area contributed by atoms with E-state index in [9.17, 15) is 50.4 Å². The van der Waals surface area contributed by atoms with E-state index in [0.29, 0.717) is 38.5 Å². The van der Waals surface area contributed by atoms with E-state index in [1.54, 1.807) is 48.4 Å². The lowest BCUT2D eigenvalue weighted by Crippen LogP contribution is -2.78. The van der Waals surface area contributed by atoms with E-state index in [4.69, 9.17) is 94.7 Å². The Morgan fingerprint density at radius 1 is 0.523 bits per heavy atom. The number of ether oxygens (including phenoxy) is 20. The zero-order valence-electron chi connectivity index (χ0n) is 64.1. The van der Waals surface area contributed by atoms with Crippen molar-refractivity contribution in [3.8, 4) is 0 Å². The van der Waals surface area contributed by atoms with E-state index >= 15 is 0 Å². The van der Waals surface area contributed by atoms with Crippen molar-refractivity contribution in [2.45, 2.75) is 353 Å². The Labute approximate surface area is 626 Å². The van der Waals surface area contributed by atoms with E-state index in [1.165, 1.54) is 20.1 Å². The minimum atomic E-state index is -2.08. The number of aliphatic hydroxyl groups is 8. The lowest BCUT2D eigenvalue weighted by atomic mass is 9.42. The van der Waals surface area contributed by atoms with Crippen molar-refractivity contribution in [2.75, 3.05) is 42.2 Å². The highest BCUT2D eigenvalue weighted by Crippen LogP contribution is 2.71. The summed E-state index contributed by atoms with van der Waals surface area (Å²) < 4.78 is 127. The molecule has 37 atom stereocenters. The average molecular weight is 1520 g/mol. The molecule has 11 aliphatic rings. The molecular formula is C77H118O30. The molecule has 7 aliphatic heterocycles. The molecule has 4 aliphatic carbocycles. The number of carbonyl (C=O) groups is 2. The third kappa shape index (κ3) is 16.2. The lowest BCUT2D eigenvalue weighted by molar-refractivity contribution is -0.360. The van der Waals surface area contributed by atoms with Crippen LogP contribution in [0.4, 0.5) is 0 Å². The molecule has 0 unspecified atom stereocenters. The van der Waals surface area contributed by atoms with Crippen LogP contribution in [0.2, 0.25) is 0 Å². The van der Waals surface area contributed by atoms with Crippen LogP contribution in [-0.4, -0.2) is 302 Å². The van der Waals surface area contributed by atoms with E-state index in [2.05, 4.69) is 6.92 Å². The quantitative estimate of drug-likeness (QED) is 0.0417. The van der Waals surface area contributed by atoms with Crippen molar-refractivity contribution in [3.05, 3.63) is 53.6 Å². The van der Waals surface area contributed by atoms with Crippen LogP contribution in [0, 0.1) is 16.7 Å². The third-order valence-electron chi connectivity index (χ3n) is 25.9. The molecule has 107 heavy (non-hydrogen) atoms. The van der Waals surface area contributed by atoms with Crippen LogP contribution in [0.1, 0.15) is 151 Å². The van der Waals surface area contributed by atoms with Crippen molar-refractivity contribution >= 4 is 17.8 Å². The molecule has 30 nitrogen and oxygen atoms in total. The molecule has 30 heteroatoms. The van der Waals surface area contributed by atoms with Gasteiger partial charge >= 0.3 is 5.97 Å². The smallest absolute Gasteiger partial charge is 0.331 e. The Balaban J connectivity index is 0.593. The molecule has 7 heterocycles. The van der Waals surface area contributed by atoms with Crippen molar-refractivity contribution in [1.29, 1.82) is 0 Å². The van der Waals surface area contributed by atoms with Gasteiger partial charge in [0.2, 0.25) is 0 Å². The fraction of sp³-hybridized carbons (Fsp3) is 0.844. The number of carbonyl (C=O) groups excluding carboxylic acids is 2. The molecule has 12 rings (SSSR count). The molecule has 3 saturated carbocycles. The number of benzene rings is 1. The predicted octanol–water partition coefficient (Wildman–Crippen LogP) is 3.48. The van der Waals surface area contributed by atoms with Crippen LogP contribution in [0.5, 0.6) is 0 Å². The molecule has 606 valence electrons. The fourth-order valence-corrected chi connectivity index (χ4v) is 19.7. The van der Waals surface area contributed by atoms with Crippen LogP contribution in [0.25, 0.3) is 6.08 Å². The van der Waals surface area contributed by atoms with Crippen LogP contribution in [0.15, 0.2) is 48.1 Å². The molecule has 0 radical (unpaired) electrons. The van der Waals surface area contributed by atoms with Crippen LogP contribution in [-0.2, 0) is 104 Å². The second kappa shape index (κ2) is 34.1. The fourth-order valence-electron chi connectivity index (χ4n) is 19.7. The first-order valence-electron chi connectivity index (χ1n) is 38.3. The Morgan fingerprint density at radius 2 is 0.953 bits per heavy atom. The SMILES string of the molecule is CO[C@H]1C[C@H](O[C@H]2[C@H](C)O[C@@H](O[C@H]3[C@@H](OC)C[C@H](O[C@H]4[C@H](C)O[C@@H](O[C@H]5[C@@H](O)C[C@H](O[C@H]6CC[C@@]7(C)C(=CC[C@]8(O)[C@H]7C[C@@H](OC(=O)C=Cc7ccccc7)[C@@]7(C)[C@]8(O)CC[C@@]7(O)C(C)=O)C6)O[C@@H]5C)C[C@H]4OC)O[C@@H]3C)C[C@H]2OC)O[C@H](C)[C@H]1O[C@H]1C[C@@H](OC)[C@@H](O[C@@H]2O[C@H](CO)[C@@H](O)[C@H](O)[C@H]2O)[C@H](C)O1. The van der Waals surface area contributed by atoms with Gasteiger partial charge in [-0.1, -0.05) is 48.9 Å². The first kappa shape index (κ1) is 83.2. The van der Waals surface area contributed by atoms with Gasteiger partial charge in [-0.05, 0) is 117 Å². The minimum Gasteiger partial charge on any atom is -0.458 e. The number of hydrogen-bond donors (Lipinski definition) is 8. The zero-order valence-corrected chi connectivity index (χ0v) is 64.1.